The van der Waals surface area contributed by atoms with Gasteiger partial charge in [-0.3, -0.25) is 4.79 Å². The van der Waals surface area contributed by atoms with Crippen LogP contribution in [0.25, 0.3) is 0 Å². The lowest BCUT2D eigenvalue weighted by Gasteiger charge is -2.09. The molecule has 3 nitrogen and oxygen atoms in total. The summed E-state index contributed by atoms with van der Waals surface area (Å²) in [7, 11) is 0. The number of Topliss-reactive ketones (excluding diaryl/α,β-unsaturated/α-hetero) is 1. The Bertz CT molecular complexity index is 448. The van der Waals surface area contributed by atoms with Crippen LogP contribution in [0.2, 0.25) is 0 Å². The first-order valence-corrected chi connectivity index (χ1v) is 5.26. The van der Waals surface area contributed by atoms with E-state index in [0.29, 0.717) is 12.1 Å². The SMILES string of the molecule is CC(CC(=O)c1ccon1)c1ccccc1. The Morgan fingerprint density at radius 3 is 2.69 bits per heavy atom. The Balaban J connectivity index is 2.03. The lowest BCUT2D eigenvalue weighted by molar-refractivity contribution is 0.0967. The highest BCUT2D eigenvalue weighted by Crippen LogP contribution is 2.20. The molecular weight excluding hydrogens is 202 g/mol. The highest BCUT2D eigenvalue weighted by atomic mass is 16.5. The zero-order valence-electron chi connectivity index (χ0n) is 9.09. The van der Waals surface area contributed by atoms with Gasteiger partial charge in [-0.1, -0.05) is 42.4 Å². The molecule has 0 saturated heterocycles. The van der Waals surface area contributed by atoms with E-state index in [1.165, 1.54) is 11.8 Å². The van der Waals surface area contributed by atoms with Crippen LogP contribution in [0.4, 0.5) is 0 Å². The van der Waals surface area contributed by atoms with Gasteiger partial charge in [-0.15, -0.1) is 0 Å². The van der Waals surface area contributed by atoms with Crippen molar-refractivity contribution < 1.29 is 9.32 Å². The lowest BCUT2D eigenvalue weighted by atomic mass is 9.95. The molecule has 0 aliphatic rings. The van der Waals surface area contributed by atoms with Crippen LogP contribution in [0.3, 0.4) is 0 Å². The van der Waals surface area contributed by atoms with Crippen molar-refractivity contribution in [3.63, 3.8) is 0 Å². The maximum atomic E-state index is 11.8. The molecule has 1 heterocycles. The van der Waals surface area contributed by atoms with Crippen molar-refractivity contribution in [2.75, 3.05) is 0 Å². The first-order chi connectivity index (χ1) is 7.77. The summed E-state index contributed by atoms with van der Waals surface area (Å²) in [5.74, 6) is 0.218. The molecule has 0 radical (unpaired) electrons. The van der Waals surface area contributed by atoms with Crippen LogP contribution in [0.1, 0.15) is 35.3 Å². The number of ketones is 1. The molecule has 16 heavy (non-hydrogen) atoms. The summed E-state index contributed by atoms with van der Waals surface area (Å²) < 4.78 is 4.65. The minimum Gasteiger partial charge on any atom is -0.364 e. The van der Waals surface area contributed by atoms with Gasteiger partial charge in [0.25, 0.3) is 0 Å². The van der Waals surface area contributed by atoms with E-state index in [-0.39, 0.29) is 11.7 Å². The molecular formula is C13H13NO2. The minimum absolute atomic E-state index is 0.0186. The summed E-state index contributed by atoms with van der Waals surface area (Å²) in [5, 5.41) is 3.64. The van der Waals surface area contributed by atoms with Gasteiger partial charge in [0.05, 0.1) is 0 Å². The van der Waals surface area contributed by atoms with Gasteiger partial charge in [0.1, 0.15) is 12.0 Å². The predicted molar refractivity (Wildman–Crippen MR) is 60.3 cm³/mol. The van der Waals surface area contributed by atoms with Crippen LogP contribution < -0.4 is 0 Å². The molecule has 0 spiro atoms. The van der Waals surface area contributed by atoms with Crippen LogP contribution in [0.15, 0.2) is 47.2 Å². The van der Waals surface area contributed by atoms with E-state index in [1.54, 1.807) is 6.07 Å². The molecule has 0 amide bonds. The number of benzene rings is 1. The molecule has 1 atom stereocenters. The van der Waals surface area contributed by atoms with Gasteiger partial charge in [-0.25, -0.2) is 0 Å². The third-order valence-corrected chi connectivity index (χ3v) is 2.58. The van der Waals surface area contributed by atoms with E-state index in [4.69, 9.17) is 0 Å². The fourth-order valence-electron chi connectivity index (χ4n) is 1.64. The summed E-state index contributed by atoms with van der Waals surface area (Å²) in [4.78, 5) is 11.8. The molecule has 0 aliphatic carbocycles. The molecule has 2 aromatic rings. The monoisotopic (exact) mass is 215 g/mol. The van der Waals surface area contributed by atoms with Gasteiger partial charge < -0.3 is 4.52 Å². The number of aromatic nitrogens is 1. The summed E-state index contributed by atoms with van der Waals surface area (Å²) in [6.45, 7) is 2.04. The van der Waals surface area contributed by atoms with E-state index < -0.39 is 0 Å². The third kappa shape index (κ3) is 2.37. The van der Waals surface area contributed by atoms with Gasteiger partial charge in [0.2, 0.25) is 0 Å². The minimum atomic E-state index is 0.0186. The zero-order valence-corrected chi connectivity index (χ0v) is 9.09. The van der Waals surface area contributed by atoms with E-state index in [1.807, 2.05) is 37.3 Å². The average Bonchev–Trinajstić information content (AvgIpc) is 2.83. The highest BCUT2D eigenvalue weighted by molar-refractivity contribution is 5.94. The fraction of sp³-hybridized carbons (Fsp3) is 0.231. The molecule has 2 rings (SSSR count). The Hall–Kier alpha value is -1.90. The molecule has 0 aliphatic heterocycles. The van der Waals surface area contributed by atoms with Crippen LogP contribution in [-0.2, 0) is 0 Å². The smallest absolute Gasteiger partial charge is 0.185 e. The molecule has 82 valence electrons. The van der Waals surface area contributed by atoms with Gasteiger partial charge in [-0.05, 0) is 11.5 Å². The van der Waals surface area contributed by atoms with Crippen molar-refractivity contribution in [3.05, 3.63) is 53.9 Å². The van der Waals surface area contributed by atoms with Crippen molar-refractivity contribution in [3.8, 4) is 0 Å². The van der Waals surface area contributed by atoms with E-state index in [2.05, 4.69) is 9.68 Å². The number of hydrogen-bond donors (Lipinski definition) is 0. The second kappa shape index (κ2) is 4.75. The van der Waals surface area contributed by atoms with Crippen molar-refractivity contribution >= 4 is 5.78 Å². The lowest BCUT2D eigenvalue weighted by Crippen LogP contribution is -2.05. The van der Waals surface area contributed by atoms with Crippen molar-refractivity contribution in [1.82, 2.24) is 5.16 Å². The largest absolute Gasteiger partial charge is 0.364 e. The quantitative estimate of drug-likeness (QED) is 0.736. The molecule has 3 heteroatoms. The summed E-state index contributed by atoms with van der Waals surface area (Å²) in [5.41, 5.74) is 1.57. The molecule has 1 aromatic carbocycles. The fourth-order valence-corrected chi connectivity index (χ4v) is 1.64. The summed E-state index contributed by atoms with van der Waals surface area (Å²) in [6, 6.07) is 11.6. The van der Waals surface area contributed by atoms with Crippen molar-refractivity contribution in [1.29, 1.82) is 0 Å². The Morgan fingerprint density at radius 1 is 1.31 bits per heavy atom. The zero-order chi connectivity index (χ0) is 11.4. The maximum absolute atomic E-state index is 11.8. The summed E-state index contributed by atoms with van der Waals surface area (Å²) >= 11 is 0. The van der Waals surface area contributed by atoms with E-state index in [0.717, 1.165) is 0 Å². The molecule has 1 aromatic heterocycles. The number of nitrogens with zero attached hydrogens (tertiary/aromatic N) is 1. The van der Waals surface area contributed by atoms with E-state index >= 15 is 0 Å². The van der Waals surface area contributed by atoms with Crippen LogP contribution >= 0.6 is 0 Å². The standard InChI is InChI=1S/C13H13NO2/c1-10(11-5-3-2-4-6-11)9-13(15)12-7-8-16-14-12/h2-8,10H,9H2,1H3. The first kappa shape index (κ1) is 10.6. The Labute approximate surface area is 94.1 Å². The topological polar surface area (TPSA) is 43.1 Å². The van der Waals surface area contributed by atoms with Crippen LogP contribution in [-0.4, -0.2) is 10.9 Å². The number of hydrogen-bond acceptors (Lipinski definition) is 3. The number of carbonyl (C=O) groups excluding carboxylic acids is 1. The second-order valence-electron chi connectivity index (χ2n) is 3.82. The molecule has 0 bridgehead atoms. The third-order valence-electron chi connectivity index (χ3n) is 2.58. The Morgan fingerprint density at radius 2 is 2.06 bits per heavy atom. The van der Waals surface area contributed by atoms with Crippen LogP contribution in [0, 0.1) is 0 Å². The van der Waals surface area contributed by atoms with Gasteiger partial charge in [0, 0.05) is 12.5 Å². The molecule has 0 fully saturated rings. The number of carbonyl (C=O) groups is 1. The van der Waals surface area contributed by atoms with Crippen molar-refractivity contribution in [2.45, 2.75) is 19.3 Å². The predicted octanol–water partition coefficient (Wildman–Crippen LogP) is 3.05. The van der Waals surface area contributed by atoms with Gasteiger partial charge in [-0.2, -0.15) is 0 Å². The number of rotatable bonds is 4. The summed E-state index contributed by atoms with van der Waals surface area (Å²) in [6.07, 6.45) is 1.87. The normalized spacial score (nSPS) is 12.3. The van der Waals surface area contributed by atoms with E-state index in [9.17, 15) is 4.79 Å². The van der Waals surface area contributed by atoms with Crippen LogP contribution in [0.5, 0.6) is 0 Å². The molecule has 0 saturated carbocycles. The highest BCUT2D eigenvalue weighted by Gasteiger charge is 2.14. The van der Waals surface area contributed by atoms with Gasteiger partial charge >= 0.3 is 0 Å². The Kier molecular flexibility index (Phi) is 3.15. The average molecular weight is 215 g/mol. The molecule has 1 unspecified atom stereocenters. The first-order valence-electron chi connectivity index (χ1n) is 5.26. The van der Waals surface area contributed by atoms with Gasteiger partial charge in [0.15, 0.2) is 5.78 Å². The maximum Gasteiger partial charge on any atom is 0.185 e. The second-order valence-corrected chi connectivity index (χ2v) is 3.82. The van der Waals surface area contributed by atoms with Crippen molar-refractivity contribution in [2.24, 2.45) is 0 Å². The molecule has 0 N–H and O–H groups in total.